The van der Waals surface area contributed by atoms with E-state index in [1.165, 1.54) is 0 Å². The van der Waals surface area contributed by atoms with Gasteiger partial charge in [0.15, 0.2) is 0 Å². The van der Waals surface area contributed by atoms with Crippen molar-refractivity contribution < 1.29 is 4.79 Å². The quantitative estimate of drug-likeness (QED) is 0.591. The van der Waals surface area contributed by atoms with E-state index in [1.807, 2.05) is 25.3 Å². The van der Waals surface area contributed by atoms with E-state index in [4.69, 9.17) is 11.6 Å². The number of amides is 1. The van der Waals surface area contributed by atoms with Crippen LogP contribution in [0.15, 0.2) is 18.3 Å². The Labute approximate surface area is 128 Å². The second kappa shape index (κ2) is 9.50. The van der Waals surface area contributed by atoms with Crippen LogP contribution in [0.2, 0.25) is 5.15 Å². The summed E-state index contributed by atoms with van der Waals surface area (Å²) in [6, 6.07) is 3.83. The maximum Gasteiger partial charge on any atom is 0.223 e. The predicted octanol–water partition coefficient (Wildman–Crippen LogP) is 3.08. The molecule has 1 aromatic rings. The summed E-state index contributed by atoms with van der Waals surface area (Å²) in [4.78, 5) is 15.6. The van der Waals surface area contributed by atoms with Gasteiger partial charge in [-0.1, -0.05) is 18.5 Å². The van der Waals surface area contributed by atoms with Crippen LogP contribution < -0.4 is 5.32 Å². The molecule has 0 saturated heterocycles. The van der Waals surface area contributed by atoms with Crippen LogP contribution in [0.25, 0.3) is 0 Å². The topological polar surface area (TPSA) is 42.0 Å². The maximum atomic E-state index is 11.7. The van der Waals surface area contributed by atoms with Crippen LogP contribution in [-0.2, 0) is 10.5 Å². The standard InChI is InChI=1S/C13H19ClN2OS2/c1-10(8-18-2)13(17)16-5-6-19-9-11-3-4-15-12(14)7-11/h3-4,7,10H,5-6,8-9H2,1-2H3,(H,16,17)/t10-/m1/s1. The van der Waals surface area contributed by atoms with Crippen molar-refractivity contribution in [3.8, 4) is 0 Å². The van der Waals surface area contributed by atoms with Gasteiger partial charge in [-0.05, 0) is 24.0 Å². The fourth-order valence-electron chi connectivity index (χ4n) is 1.47. The number of rotatable bonds is 8. The maximum absolute atomic E-state index is 11.7. The minimum Gasteiger partial charge on any atom is -0.355 e. The summed E-state index contributed by atoms with van der Waals surface area (Å²) in [7, 11) is 0. The van der Waals surface area contributed by atoms with E-state index in [1.54, 1.807) is 29.7 Å². The second-order valence-corrected chi connectivity index (χ2v) is 6.59. The Bertz CT molecular complexity index is 404. The second-order valence-electron chi connectivity index (χ2n) is 4.19. The SMILES string of the molecule is CSC[C@@H](C)C(=O)NCCSCc1ccnc(Cl)c1. The lowest BCUT2D eigenvalue weighted by Gasteiger charge is -2.10. The number of nitrogens with zero attached hydrogens (tertiary/aromatic N) is 1. The summed E-state index contributed by atoms with van der Waals surface area (Å²) in [5, 5.41) is 3.48. The Kier molecular flexibility index (Phi) is 8.34. The van der Waals surface area contributed by atoms with Gasteiger partial charge in [0.25, 0.3) is 0 Å². The van der Waals surface area contributed by atoms with Gasteiger partial charge in [0.1, 0.15) is 5.15 Å². The minimum absolute atomic E-state index is 0.0824. The zero-order chi connectivity index (χ0) is 14.1. The average Bonchev–Trinajstić information content (AvgIpc) is 2.38. The van der Waals surface area contributed by atoms with E-state index in [0.29, 0.717) is 11.7 Å². The third-order valence-corrected chi connectivity index (χ3v) is 4.54. The Morgan fingerprint density at radius 1 is 1.58 bits per heavy atom. The summed E-state index contributed by atoms with van der Waals surface area (Å²) in [5.41, 5.74) is 1.16. The van der Waals surface area contributed by atoms with Gasteiger partial charge >= 0.3 is 0 Å². The zero-order valence-electron chi connectivity index (χ0n) is 11.2. The lowest BCUT2D eigenvalue weighted by molar-refractivity contribution is -0.123. The van der Waals surface area contributed by atoms with Crippen molar-refractivity contribution >= 4 is 41.0 Å². The number of halogens is 1. The molecule has 1 N–H and O–H groups in total. The van der Waals surface area contributed by atoms with E-state index in [0.717, 1.165) is 22.8 Å². The Hall–Kier alpha value is -0.390. The van der Waals surface area contributed by atoms with Crippen molar-refractivity contribution in [2.45, 2.75) is 12.7 Å². The van der Waals surface area contributed by atoms with Gasteiger partial charge in [0.2, 0.25) is 5.91 Å². The molecule has 1 amide bonds. The number of carbonyl (C=O) groups excluding carboxylic acids is 1. The number of aromatic nitrogens is 1. The average molecular weight is 319 g/mol. The highest BCUT2D eigenvalue weighted by Crippen LogP contribution is 2.14. The van der Waals surface area contributed by atoms with Gasteiger partial charge in [-0.15, -0.1) is 0 Å². The van der Waals surface area contributed by atoms with Crippen LogP contribution in [0.4, 0.5) is 0 Å². The fraction of sp³-hybridized carbons (Fsp3) is 0.538. The van der Waals surface area contributed by atoms with Gasteiger partial charge in [0.05, 0.1) is 0 Å². The van der Waals surface area contributed by atoms with Gasteiger partial charge in [0, 0.05) is 35.9 Å². The number of nitrogens with one attached hydrogen (secondary N) is 1. The first-order valence-electron chi connectivity index (χ1n) is 6.08. The molecule has 0 aromatic carbocycles. The van der Waals surface area contributed by atoms with Crippen LogP contribution in [0.1, 0.15) is 12.5 Å². The van der Waals surface area contributed by atoms with Crippen molar-refractivity contribution in [3.63, 3.8) is 0 Å². The monoisotopic (exact) mass is 318 g/mol. The number of hydrogen-bond donors (Lipinski definition) is 1. The lowest BCUT2D eigenvalue weighted by Crippen LogP contribution is -2.32. The van der Waals surface area contributed by atoms with Crippen molar-refractivity contribution in [3.05, 3.63) is 29.0 Å². The van der Waals surface area contributed by atoms with Crippen molar-refractivity contribution in [2.24, 2.45) is 5.92 Å². The first kappa shape index (κ1) is 16.7. The molecule has 1 aromatic heterocycles. The molecule has 0 bridgehead atoms. The first-order valence-corrected chi connectivity index (χ1v) is 9.01. The van der Waals surface area contributed by atoms with Crippen molar-refractivity contribution in [1.82, 2.24) is 10.3 Å². The van der Waals surface area contributed by atoms with E-state index < -0.39 is 0 Å². The molecule has 0 saturated carbocycles. The summed E-state index contributed by atoms with van der Waals surface area (Å²) >= 11 is 9.28. The largest absolute Gasteiger partial charge is 0.355 e. The molecule has 0 aliphatic rings. The molecule has 0 aliphatic carbocycles. The minimum atomic E-state index is 0.0824. The smallest absolute Gasteiger partial charge is 0.223 e. The third-order valence-electron chi connectivity index (χ3n) is 2.47. The Morgan fingerprint density at radius 2 is 2.37 bits per heavy atom. The van der Waals surface area contributed by atoms with E-state index in [-0.39, 0.29) is 11.8 Å². The number of thioether (sulfide) groups is 2. The fourth-order valence-corrected chi connectivity index (χ4v) is 3.12. The van der Waals surface area contributed by atoms with Crippen LogP contribution >= 0.6 is 35.1 Å². The summed E-state index contributed by atoms with van der Waals surface area (Å²) < 4.78 is 0. The Morgan fingerprint density at radius 3 is 3.05 bits per heavy atom. The van der Waals surface area contributed by atoms with Crippen LogP contribution in [0, 0.1) is 5.92 Å². The number of carbonyl (C=O) groups is 1. The molecule has 19 heavy (non-hydrogen) atoms. The van der Waals surface area contributed by atoms with Gasteiger partial charge in [-0.3, -0.25) is 4.79 Å². The van der Waals surface area contributed by atoms with Crippen molar-refractivity contribution in [1.29, 1.82) is 0 Å². The summed E-state index contributed by atoms with van der Waals surface area (Å²) in [6.45, 7) is 2.67. The highest BCUT2D eigenvalue weighted by molar-refractivity contribution is 7.98. The van der Waals surface area contributed by atoms with Crippen LogP contribution in [0.3, 0.4) is 0 Å². The highest BCUT2D eigenvalue weighted by Gasteiger charge is 2.10. The van der Waals surface area contributed by atoms with E-state index >= 15 is 0 Å². The molecule has 0 fully saturated rings. The lowest BCUT2D eigenvalue weighted by atomic mass is 10.2. The van der Waals surface area contributed by atoms with E-state index in [9.17, 15) is 4.79 Å². The Balaban J connectivity index is 2.13. The van der Waals surface area contributed by atoms with Gasteiger partial charge in [-0.2, -0.15) is 23.5 Å². The summed E-state index contributed by atoms with van der Waals surface area (Å²) in [5.74, 6) is 2.88. The number of hydrogen-bond acceptors (Lipinski definition) is 4. The molecule has 1 atom stereocenters. The van der Waals surface area contributed by atoms with Gasteiger partial charge < -0.3 is 5.32 Å². The molecule has 0 unspecified atom stereocenters. The van der Waals surface area contributed by atoms with Crippen LogP contribution in [-0.4, -0.2) is 35.2 Å². The van der Waals surface area contributed by atoms with Crippen LogP contribution in [0.5, 0.6) is 0 Å². The molecule has 0 spiro atoms. The molecule has 0 radical (unpaired) electrons. The van der Waals surface area contributed by atoms with Crippen molar-refractivity contribution in [2.75, 3.05) is 24.3 Å². The molecular formula is C13H19ClN2OS2. The first-order chi connectivity index (χ1) is 9.13. The predicted molar refractivity (Wildman–Crippen MR) is 86.0 cm³/mol. The molecule has 3 nitrogen and oxygen atoms in total. The van der Waals surface area contributed by atoms with Gasteiger partial charge in [-0.25, -0.2) is 4.98 Å². The molecule has 6 heteroatoms. The molecular weight excluding hydrogens is 300 g/mol. The van der Waals surface area contributed by atoms with E-state index in [2.05, 4.69) is 10.3 Å². The highest BCUT2D eigenvalue weighted by atomic mass is 35.5. The molecule has 0 aliphatic heterocycles. The zero-order valence-corrected chi connectivity index (χ0v) is 13.6. The molecule has 106 valence electrons. The third kappa shape index (κ3) is 7.09. The summed E-state index contributed by atoms with van der Waals surface area (Å²) in [6.07, 6.45) is 3.73. The molecule has 1 rings (SSSR count). The number of pyridine rings is 1. The normalized spacial score (nSPS) is 12.2. The molecule has 1 heterocycles.